The number of hydrogen-bond donors (Lipinski definition) is 1. The Morgan fingerprint density at radius 1 is 1.09 bits per heavy atom. The van der Waals surface area contributed by atoms with E-state index >= 15 is 0 Å². The number of carbonyl (C=O) groups is 1. The predicted molar refractivity (Wildman–Crippen MR) is 129 cm³/mol. The molecule has 1 N–H and O–H groups in total. The zero-order valence-electron chi connectivity index (χ0n) is 19.9. The summed E-state index contributed by atoms with van der Waals surface area (Å²) in [4.78, 5) is 13.4. The molecule has 2 aromatic rings. The van der Waals surface area contributed by atoms with Crippen molar-refractivity contribution in [3.63, 3.8) is 0 Å². The molecular formula is C28H29F2NO4. The van der Waals surface area contributed by atoms with Gasteiger partial charge in [0.1, 0.15) is 17.7 Å². The second-order valence-electron chi connectivity index (χ2n) is 9.64. The number of halogens is 2. The monoisotopic (exact) mass is 481 g/mol. The van der Waals surface area contributed by atoms with Crippen LogP contribution in [-0.4, -0.2) is 37.1 Å². The van der Waals surface area contributed by atoms with Crippen LogP contribution in [0.2, 0.25) is 0 Å². The lowest BCUT2D eigenvalue weighted by molar-refractivity contribution is -0.139. The maximum Gasteiger partial charge on any atom is 0.193 e. The van der Waals surface area contributed by atoms with Crippen molar-refractivity contribution in [2.75, 3.05) is 18.5 Å². The number of benzene rings is 2. The van der Waals surface area contributed by atoms with Crippen molar-refractivity contribution in [3.8, 4) is 5.75 Å². The number of ketones is 1. The van der Waals surface area contributed by atoms with E-state index in [0.29, 0.717) is 60.7 Å². The van der Waals surface area contributed by atoms with E-state index in [-0.39, 0.29) is 18.3 Å². The summed E-state index contributed by atoms with van der Waals surface area (Å²) in [5.41, 5.74) is 4.13. The molecule has 5 nitrogen and oxygen atoms in total. The number of hydrogen-bond acceptors (Lipinski definition) is 5. The fraction of sp³-hybridized carbons (Fsp3) is 0.393. The van der Waals surface area contributed by atoms with Crippen LogP contribution in [0.4, 0.5) is 14.5 Å². The Kier molecular flexibility index (Phi) is 6.47. The summed E-state index contributed by atoms with van der Waals surface area (Å²) < 4.78 is 44.8. The first-order chi connectivity index (χ1) is 16.8. The van der Waals surface area contributed by atoms with E-state index in [2.05, 4.69) is 5.32 Å². The number of ether oxygens (including phenoxy) is 3. The Morgan fingerprint density at radius 2 is 1.91 bits per heavy atom. The van der Waals surface area contributed by atoms with E-state index in [0.717, 1.165) is 11.1 Å². The summed E-state index contributed by atoms with van der Waals surface area (Å²) in [6.07, 6.45) is 3.11. The predicted octanol–water partition coefficient (Wildman–Crippen LogP) is 5.83. The van der Waals surface area contributed by atoms with Crippen LogP contribution in [0.3, 0.4) is 0 Å². The standard InChI is InChI=1S/C28H29F2NO4/c1-28(2)34-16-22(35-28)11-12-33-21-8-5-17-3-4-18-13-20(7-9-23(18)27(32)24(17)15-21)31-26-10-6-19(29)14-25(26)30/h5-10,13,15,22,25,31H,3-4,11-12,14,16H2,1-2H3. The molecule has 5 rings (SSSR count). The molecule has 7 heteroatoms. The number of alkyl halides is 1. The van der Waals surface area contributed by atoms with Gasteiger partial charge in [-0.05, 0) is 80.3 Å². The Bertz CT molecular complexity index is 1200. The number of rotatable bonds is 6. The maximum absolute atomic E-state index is 14.2. The van der Waals surface area contributed by atoms with Crippen molar-refractivity contribution >= 4 is 11.5 Å². The zero-order valence-corrected chi connectivity index (χ0v) is 19.9. The van der Waals surface area contributed by atoms with Crippen molar-refractivity contribution in [2.24, 2.45) is 0 Å². The lowest BCUT2D eigenvalue weighted by atomic mass is 9.98. The Labute approximate surface area is 203 Å². The molecule has 35 heavy (non-hydrogen) atoms. The quantitative estimate of drug-likeness (QED) is 0.563. The number of carbonyl (C=O) groups excluding carboxylic acids is 1. The van der Waals surface area contributed by atoms with Gasteiger partial charge in [0.15, 0.2) is 11.6 Å². The molecule has 2 aliphatic carbocycles. The second-order valence-corrected chi connectivity index (χ2v) is 9.64. The topological polar surface area (TPSA) is 56.8 Å². The van der Waals surface area contributed by atoms with E-state index in [9.17, 15) is 13.6 Å². The minimum atomic E-state index is -1.41. The van der Waals surface area contributed by atoms with Crippen molar-refractivity contribution in [1.82, 2.24) is 0 Å². The van der Waals surface area contributed by atoms with Gasteiger partial charge in [-0.3, -0.25) is 4.79 Å². The fourth-order valence-electron chi connectivity index (χ4n) is 4.72. The fourth-order valence-corrected chi connectivity index (χ4v) is 4.72. The molecule has 0 radical (unpaired) electrons. The van der Waals surface area contributed by atoms with Crippen LogP contribution in [0.5, 0.6) is 5.75 Å². The summed E-state index contributed by atoms with van der Waals surface area (Å²) in [7, 11) is 0. The molecule has 184 valence electrons. The Hall–Kier alpha value is -3.03. The molecule has 1 fully saturated rings. The van der Waals surface area contributed by atoms with Gasteiger partial charge in [0.2, 0.25) is 0 Å². The van der Waals surface area contributed by atoms with Crippen LogP contribution in [0, 0.1) is 0 Å². The lowest BCUT2D eigenvalue weighted by Gasteiger charge is -2.18. The van der Waals surface area contributed by atoms with Crippen LogP contribution in [0.15, 0.2) is 60.1 Å². The van der Waals surface area contributed by atoms with Crippen molar-refractivity contribution in [1.29, 1.82) is 0 Å². The lowest BCUT2D eigenvalue weighted by Crippen LogP contribution is -2.22. The summed E-state index contributed by atoms with van der Waals surface area (Å²) >= 11 is 0. The van der Waals surface area contributed by atoms with E-state index in [1.165, 1.54) is 12.2 Å². The van der Waals surface area contributed by atoms with Crippen LogP contribution >= 0.6 is 0 Å². The van der Waals surface area contributed by atoms with Gasteiger partial charge >= 0.3 is 0 Å². The summed E-state index contributed by atoms with van der Waals surface area (Å²) in [6, 6.07) is 11.1. The highest BCUT2D eigenvalue weighted by molar-refractivity contribution is 6.11. The molecule has 0 saturated carbocycles. The third kappa shape index (κ3) is 5.31. The van der Waals surface area contributed by atoms with E-state index < -0.39 is 17.8 Å². The number of anilines is 1. The van der Waals surface area contributed by atoms with Crippen molar-refractivity contribution < 1.29 is 27.8 Å². The molecule has 0 aromatic heterocycles. The van der Waals surface area contributed by atoms with Gasteiger partial charge in [0, 0.05) is 29.7 Å². The normalized spacial score (nSPS) is 23.0. The molecular weight excluding hydrogens is 452 g/mol. The van der Waals surface area contributed by atoms with E-state index in [1.807, 2.05) is 38.1 Å². The highest BCUT2D eigenvalue weighted by atomic mass is 19.1. The first kappa shape index (κ1) is 23.7. The minimum Gasteiger partial charge on any atom is -0.493 e. The number of fused-ring (bicyclic) bond motifs is 2. The average Bonchev–Trinajstić information content (AvgIpc) is 3.11. The summed E-state index contributed by atoms with van der Waals surface area (Å²) in [5, 5.41) is 3.04. The van der Waals surface area contributed by atoms with Gasteiger partial charge in [-0.25, -0.2) is 8.78 Å². The third-order valence-electron chi connectivity index (χ3n) is 6.56. The second kappa shape index (κ2) is 9.55. The van der Waals surface area contributed by atoms with Crippen LogP contribution in [0.25, 0.3) is 0 Å². The average molecular weight is 482 g/mol. The SMILES string of the molecule is CC1(C)OCC(CCOc2ccc3c(c2)C(=O)c2ccc(NC4=CC=C(F)CC4F)cc2CC3)O1. The zero-order chi connectivity index (χ0) is 24.6. The van der Waals surface area contributed by atoms with E-state index in [1.54, 1.807) is 12.1 Å². The molecule has 2 unspecified atom stereocenters. The van der Waals surface area contributed by atoms with Gasteiger partial charge in [-0.15, -0.1) is 0 Å². The minimum absolute atomic E-state index is 0.00534. The first-order valence-corrected chi connectivity index (χ1v) is 12.0. The molecule has 1 heterocycles. The van der Waals surface area contributed by atoms with Gasteiger partial charge in [-0.1, -0.05) is 6.07 Å². The smallest absolute Gasteiger partial charge is 0.193 e. The molecule has 0 amide bonds. The largest absolute Gasteiger partial charge is 0.493 e. The van der Waals surface area contributed by atoms with Crippen molar-refractivity contribution in [2.45, 2.75) is 57.6 Å². The third-order valence-corrected chi connectivity index (χ3v) is 6.56. The molecule has 2 aromatic carbocycles. The number of allylic oxidation sites excluding steroid dienone is 4. The van der Waals surface area contributed by atoms with Crippen LogP contribution < -0.4 is 10.1 Å². The molecule has 0 spiro atoms. The van der Waals surface area contributed by atoms with Gasteiger partial charge < -0.3 is 19.5 Å². The molecule has 1 aliphatic heterocycles. The molecule has 3 aliphatic rings. The van der Waals surface area contributed by atoms with Crippen LogP contribution in [-0.2, 0) is 22.3 Å². The highest BCUT2D eigenvalue weighted by Crippen LogP contribution is 2.31. The van der Waals surface area contributed by atoms with Gasteiger partial charge in [0.25, 0.3) is 0 Å². The maximum atomic E-state index is 14.2. The van der Waals surface area contributed by atoms with Gasteiger partial charge in [-0.2, -0.15) is 0 Å². The first-order valence-electron chi connectivity index (χ1n) is 12.0. The highest BCUT2D eigenvalue weighted by Gasteiger charge is 2.32. The van der Waals surface area contributed by atoms with Crippen molar-refractivity contribution in [3.05, 3.63) is 82.3 Å². The van der Waals surface area contributed by atoms with Gasteiger partial charge in [0.05, 0.1) is 25.0 Å². The molecule has 2 atom stereocenters. The molecule has 0 bridgehead atoms. The van der Waals surface area contributed by atoms with E-state index in [4.69, 9.17) is 14.2 Å². The number of nitrogens with one attached hydrogen (secondary N) is 1. The summed E-state index contributed by atoms with van der Waals surface area (Å²) in [5.74, 6) is -0.430. The Morgan fingerprint density at radius 3 is 2.69 bits per heavy atom. The molecule has 1 saturated heterocycles. The summed E-state index contributed by atoms with van der Waals surface area (Å²) in [6.45, 7) is 4.80. The van der Waals surface area contributed by atoms with Crippen LogP contribution in [0.1, 0.15) is 53.7 Å². The Balaban J connectivity index is 1.28. The number of aryl methyl sites for hydroxylation is 2.